The van der Waals surface area contributed by atoms with Crippen LogP contribution < -0.4 is 0 Å². The molecule has 1 aromatic carbocycles. The number of likely N-dealkylation sites (tertiary alicyclic amines) is 1. The number of carbonyl (C=O) groups is 1. The van der Waals surface area contributed by atoms with Crippen molar-refractivity contribution in [1.29, 1.82) is 0 Å². The summed E-state index contributed by atoms with van der Waals surface area (Å²) in [6.07, 6.45) is 6.91. The summed E-state index contributed by atoms with van der Waals surface area (Å²) < 4.78 is 14.5. The summed E-state index contributed by atoms with van der Waals surface area (Å²) in [7, 11) is 1.74. The van der Waals surface area contributed by atoms with Crippen LogP contribution in [0.4, 0.5) is 4.39 Å². The van der Waals surface area contributed by atoms with E-state index in [1.807, 2.05) is 0 Å². The zero-order chi connectivity index (χ0) is 17.8. The Hall–Kier alpha value is -2.34. The van der Waals surface area contributed by atoms with Crippen molar-refractivity contribution in [2.45, 2.75) is 25.8 Å². The van der Waals surface area contributed by atoms with Gasteiger partial charge in [0.15, 0.2) is 0 Å². The van der Waals surface area contributed by atoms with Gasteiger partial charge in [-0.2, -0.15) is 0 Å². The molecule has 25 heavy (non-hydrogen) atoms. The maximum absolute atomic E-state index is 14.5. The van der Waals surface area contributed by atoms with Gasteiger partial charge in [-0.1, -0.05) is 13.0 Å². The van der Waals surface area contributed by atoms with Gasteiger partial charge in [-0.25, -0.2) is 14.4 Å². The molecular weight excluding hydrogens is 319 g/mol. The first-order valence-electron chi connectivity index (χ1n) is 8.64. The van der Waals surface area contributed by atoms with Crippen molar-refractivity contribution in [2.75, 3.05) is 26.7 Å². The van der Waals surface area contributed by atoms with Crippen LogP contribution in [0.3, 0.4) is 0 Å². The number of carbonyl (C=O) groups excluding carboxylic acids is 1. The lowest BCUT2D eigenvalue weighted by Crippen LogP contribution is -2.41. The minimum atomic E-state index is -0.517. The molecule has 1 unspecified atom stereocenters. The maximum Gasteiger partial charge on any atom is 0.256 e. The van der Waals surface area contributed by atoms with Crippen LogP contribution in [0.5, 0.6) is 0 Å². The fourth-order valence-electron chi connectivity index (χ4n) is 3.44. The normalized spacial score (nSPS) is 17.6. The van der Waals surface area contributed by atoms with E-state index < -0.39 is 5.82 Å². The van der Waals surface area contributed by atoms with Gasteiger partial charge >= 0.3 is 0 Å². The molecule has 132 valence electrons. The lowest BCUT2D eigenvalue weighted by Gasteiger charge is -2.28. The van der Waals surface area contributed by atoms with Gasteiger partial charge in [0.1, 0.15) is 12.1 Å². The zero-order valence-electron chi connectivity index (χ0n) is 14.7. The van der Waals surface area contributed by atoms with Gasteiger partial charge in [0.25, 0.3) is 5.91 Å². The molecule has 1 aromatic heterocycles. The summed E-state index contributed by atoms with van der Waals surface area (Å²) in [6, 6.07) is 5.01. The Labute approximate surface area is 147 Å². The van der Waals surface area contributed by atoms with Crippen molar-refractivity contribution >= 4 is 5.91 Å². The topological polar surface area (TPSA) is 49.3 Å². The number of benzene rings is 1. The molecule has 2 heterocycles. The zero-order valence-corrected chi connectivity index (χ0v) is 14.7. The number of hydrogen-bond donors (Lipinski definition) is 0. The van der Waals surface area contributed by atoms with E-state index in [1.54, 1.807) is 36.5 Å². The highest BCUT2D eigenvalue weighted by molar-refractivity contribution is 5.94. The predicted molar refractivity (Wildman–Crippen MR) is 94.7 cm³/mol. The van der Waals surface area contributed by atoms with Gasteiger partial charge in [-0.3, -0.25) is 9.69 Å². The number of likely N-dealkylation sites (N-methyl/N-ethyl adjacent to an activating group) is 2. The van der Waals surface area contributed by atoms with Gasteiger partial charge in [0.05, 0.1) is 5.56 Å². The molecule has 6 heteroatoms. The number of amides is 1. The van der Waals surface area contributed by atoms with Crippen molar-refractivity contribution in [3.05, 3.63) is 48.3 Å². The molecule has 0 spiro atoms. The van der Waals surface area contributed by atoms with Crippen LogP contribution in [0.1, 0.15) is 30.1 Å². The summed E-state index contributed by atoms with van der Waals surface area (Å²) in [5, 5.41) is 0. The monoisotopic (exact) mass is 342 g/mol. The molecule has 0 saturated carbocycles. The lowest BCUT2D eigenvalue weighted by atomic mass is 10.1. The Morgan fingerprint density at radius 3 is 2.76 bits per heavy atom. The van der Waals surface area contributed by atoms with E-state index in [-0.39, 0.29) is 11.5 Å². The number of halogens is 1. The van der Waals surface area contributed by atoms with Gasteiger partial charge in [0, 0.05) is 37.6 Å². The molecule has 0 N–H and O–H groups in total. The third kappa shape index (κ3) is 3.85. The predicted octanol–water partition coefficient (Wildman–Crippen LogP) is 2.84. The number of aromatic nitrogens is 2. The van der Waals surface area contributed by atoms with Crippen molar-refractivity contribution in [1.82, 2.24) is 19.8 Å². The van der Waals surface area contributed by atoms with E-state index >= 15 is 0 Å². The Morgan fingerprint density at radius 1 is 1.32 bits per heavy atom. The highest BCUT2D eigenvalue weighted by Crippen LogP contribution is 2.22. The molecule has 0 aliphatic carbocycles. The molecule has 3 rings (SSSR count). The first-order valence-corrected chi connectivity index (χ1v) is 8.64. The lowest BCUT2D eigenvalue weighted by molar-refractivity contribution is 0.0750. The summed E-state index contributed by atoms with van der Waals surface area (Å²) in [6.45, 7) is 4.81. The second-order valence-corrected chi connectivity index (χ2v) is 6.43. The molecule has 1 amide bonds. The van der Waals surface area contributed by atoms with Crippen molar-refractivity contribution in [3.8, 4) is 11.1 Å². The van der Waals surface area contributed by atoms with E-state index in [9.17, 15) is 9.18 Å². The summed E-state index contributed by atoms with van der Waals surface area (Å²) in [5.74, 6) is -0.798. The first-order chi connectivity index (χ1) is 12.1. The van der Waals surface area contributed by atoms with E-state index in [4.69, 9.17) is 0 Å². The Kier molecular flexibility index (Phi) is 5.38. The smallest absolute Gasteiger partial charge is 0.256 e. The fourth-order valence-corrected chi connectivity index (χ4v) is 3.44. The minimum absolute atomic E-state index is 0.101. The third-order valence-electron chi connectivity index (χ3n) is 4.83. The average Bonchev–Trinajstić information content (AvgIpc) is 3.09. The van der Waals surface area contributed by atoms with Gasteiger partial charge in [-0.05, 0) is 43.6 Å². The molecule has 0 radical (unpaired) electrons. The largest absolute Gasteiger partial charge is 0.340 e. The van der Waals surface area contributed by atoms with Crippen molar-refractivity contribution < 1.29 is 9.18 Å². The molecular formula is C19H23FN4O. The molecule has 1 saturated heterocycles. The molecule has 1 fully saturated rings. The Morgan fingerprint density at radius 2 is 2.08 bits per heavy atom. The Bertz CT molecular complexity index is 737. The van der Waals surface area contributed by atoms with Crippen molar-refractivity contribution in [2.24, 2.45) is 0 Å². The van der Waals surface area contributed by atoms with E-state index in [1.165, 1.54) is 12.4 Å². The van der Waals surface area contributed by atoms with Crippen LogP contribution in [-0.4, -0.2) is 58.4 Å². The van der Waals surface area contributed by atoms with Gasteiger partial charge in [0.2, 0.25) is 0 Å². The number of rotatable bonds is 5. The molecule has 5 nitrogen and oxygen atoms in total. The SMILES string of the molecule is CCN1CCCC1CN(C)C(=O)c1ccc(-c2cncnc2)cc1F. The Balaban J connectivity index is 1.73. The second kappa shape index (κ2) is 7.70. The highest BCUT2D eigenvalue weighted by Gasteiger charge is 2.26. The quantitative estimate of drug-likeness (QED) is 0.838. The first kappa shape index (κ1) is 17.5. The van der Waals surface area contributed by atoms with Crippen LogP contribution in [0.15, 0.2) is 36.9 Å². The third-order valence-corrected chi connectivity index (χ3v) is 4.83. The molecule has 2 aromatic rings. The van der Waals surface area contributed by atoms with Crippen LogP contribution in [-0.2, 0) is 0 Å². The average molecular weight is 342 g/mol. The van der Waals surface area contributed by atoms with E-state index in [0.717, 1.165) is 31.5 Å². The fraction of sp³-hybridized carbons (Fsp3) is 0.421. The standard InChI is InChI=1S/C19H23FN4O/c1-3-24-8-4-5-16(24)12-23(2)19(25)17-7-6-14(9-18(17)20)15-10-21-13-22-11-15/h6-7,9-11,13,16H,3-5,8,12H2,1-2H3. The van der Waals surface area contributed by atoms with Crippen LogP contribution >= 0.6 is 0 Å². The van der Waals surface area contributed by atoms with Crippen LogP contribution in [0.2, 0.25) is 0 Å². The van der Waals surface area contributed by atoms with Gasteiger partial charge < -0.3 is 4.90 Å². The minimum Gasteiger partial charge on any atom is -0.340 e. The van der Waals surface area contributed by atoms with Crippen LogP contribution in [0.25, 0.3) is 11.1 Å². The molecule has 1 aliphatic rings. The molecule has 0 bridgehead atoms. The number of nitrogens with zero attached hydrogens (tertiary/aromatic N) is 4. The highest BCUT2D eigenvalue weighted by atomic mass is 19.1. The second-order valence-electron chi connectivity index (χ2n) is 6.43. The maximum atomic E-state index is 14.5. The summed E-state index contributed by atoms with van der Waals surface area (Å²) >= 11 is 0. The molecule has 1 aliphatic heterocycles. The molecule has 1 atom stereocenters. The van der Waals surface area contributed by atoms with Crippen LogP contribution in [0, 0.1) is 5.82 Å². The number of hydrogen-bond acceptors (Lipinski definition) is 4. The van der Waals surface area contributed by atoms with Gasteiger partial charge in [-0.15, -0.1) is 0 Å². The van der Waals surface area contributed by atoms with E-state index in [2.05, 4.69) is 21.8 Å². The summed E-state index contributed by atoms with van der Waals surface area (Å²) in [5.41, 5.74) is 1.48. The summed E-state index contributed by atoms with van der Waals surface area (Å²) in [4.78, 5) is 24.5. The van der Waals surface area contributed by atoms with E-state index in [0.29, 0.717) is 18.2 Å². The van der Waals surface area contributed by atoms with Crippen molar-refractivity contribution in [3.63, 3.8) is 0 Å².